The molecule has 2 fully saturated rings. The minimum absolute atomic E-state index is 0.254. The third-order valence-electron chi connectivity index (χ3n) is 4.77. The molecule has 2 heteroatoms. The van der Waals surface area contributed by atoms with Gasteiger partial charge in [0.05, 0.1) is 0 Å². The van der Waals surface area contributed by atoms with Crippen LogP contribution < -0.4 is 0 Å². The Hall–Kier alpha value is -0.790. The number of rotatable bonds is 2. The van der Waals surface area contributed by atoms with Crippen LogP contribution in [0.3, 0.4) is 0 Å². The summed E-state index contributed by atoms with van der Waals surface area (Å²) in [6, 6.07) is 0. The summed E-state index contributed by atoms with van der Waals surface area (Å²) in [7, 11) is 0. The molecule has 90 valence electrons. The second kappa shape index (κ2) is 4.23. The van der Waals surface area contributed by atoms with E-state index in [4.69, 9.17) is 4.74 Å². The van der Waals surface area contributed by atoms with Crippen LogP contribution in [0.5, 0.6) is 0 Å². The molecule has 0 aromatic heterocycles. The molecule has 2 saturated carbocycles. The molecule has 0 amide bonds. The van der Waals surface area contributed by atoms with Gasteiger partial charge in [-0.05, 0) is 31.6 Å². The SMILES string of the molecule is C=CC(=O)OC1(C)C(C)CC2CCCCC21. The molecular weight excluding hydrogens is 200 g/mol. The second-order valence-electron chi connectivity index (χ2n) is 5.60. The van der Waals surface area contributed by atoms with Crippen molar-refractivity contribution in [1.82, 2.24) is 0 Å². The summed E-state index contributed by atoms with van der Waals surface area (Å²) in [5.41, 5.74) is -0.254. The van der Waals surface area contributed by atoms with Gasteiger partial charge in [0.1, 0.15) is 5.60 Å². The summed E-state index contributed by atoms with van der Waals surface area (Å²) in [6.07, 6.45) is 7.67. The summed E-state index contributed by atoms with van der Waals surface area (Å²) < 4.78 is 5.67. The highest BCUT2D eigenvalue weighted by Gasteiger charge is 2.52. The number of carbonyl (C=O) groups excluding carboxylic acids is 1. The van der Waals surface area contributed by atoms with E-state index in [2.05, 4.69) is 20.4 Å². The second-order valence-corrected chi connectivity index (χ2v) is 5.60. The highest BCUT2D eigenvalue weighted by Crippen LogP contribution is 2.52. The fourth-order valence-corrected chi connectivity index (χ4v) is 3.73. The fourth-order valence-electron chi connectivity index (χ4n) is 3.73. The number of carbonyl (C=O) groups is 1. The van der Waals surface area contributed by atoms with Gasteiger partial charge in [0.2, 0.25) is 0 Å². The summed E-state index contributed by atoms with van der Waals surface area (Å²) in [4.78, 5) is 11.5. The van der Waals surface area contributed by atoms with Crippen molar-refractivity contribution in [3.63, 3.8) is 0 Å². The van der Waals surface area contributed by atoms with Gasteiger partial charge in [-0.3, -0.25) is 0 Å². The minimum Gasteiger partial charge on any atom is -0.456 e. The molecule has 0 saturated heterocycles. The molecular formula is C14H22O2. The summed E-state index contributed by atoms with van der Waals surface area (Å²) in [5, 5.41) is 0. The largest absolute Gasteiger partial charge is 0.456 e. The van der Waals surface area contributed by atoms with Gasteiger partial charge in [-0.1, -0.05) is 32.8 Å². The van der Waals surface area contributed by atoms with E-state index in [0.717, 1.165) is 5.92 Å². The third kappa shape index (κ3) is 1.79. The maximum Gasteiger partial charge on any atom is 0.330 e. The first-order chi connectivity index (χ1) is 7.58. The first-order valence-corrected chi connectivity index (χ1v) is 6.43. The van der Waals surface area contributed by atoms with Gasteiger partial charge in [0.15, 0.2) is 0 Å². The number of esters is 1. The molecule has 0 radical (unpaired) electrons. The van der Waals surface area contributed by atoms with Crippen molar-refractivity contribution < 1.29 is 9.53 Å². The predicted molar refractivity (Wildman–Crippen MR) is 63.9 cm³/mol. The van der Waals surface area contributed by atoms with Crippen LogP contribution in [-0.4, -0.2) is 11.6 Å². The van der Waals surface area contributed by atoms with Crippen molar-refractivity contribution in [2.24, 2.45) is 17.8 Å². The van der Waals surface area contributed by atoms with E-state index >= 15 is 0 Å². The van der Waals surface area contributed by atoms with Gasteiger partial charge in [0.25, 0.3) is 0 Å². The van der Waals surface area contributed by atoms with Gasteiger partial charge in [-0.2, -0.15) is 0 Å². The Labute approximate surface area is 98.1 Å². The van der Waals surface area contributed by atoms with Crippen molar-refractivity contribution in [1.29, 1.82) is 0 Å². The molecule has 0 aliphatic heterocycles. The quantitative estimate of drug-likeness (QED) is 0.529. The van der Waals surface area contributed by atoms with Gasteiger partial charge >= 0.3 is 5.97 Å². The normalized spacial score (nSPS) is 42.5. The molecule has 0 spiro atoms. The molecule has 0 bridgehead atoms. The molecule has 2 aliphatic rings. The Kier molecular flexibility index (Phi) is 3.09. The van der Waals surface area contributed by atoms with Crippen LogP contribution in [0.4, 0.5) is 0 Å². The molecule has 4 unspecified atom stereocenters. The van der Waals surface area contributed by atoms with E-state index in [0.29, 0.717) is 11.8 Å². The zero-order valence-corrected chi connectivity index (χ0v) is 10.4. The van der Waals surface area contributed by atoms with Gasteiger partial charge in [-0.25, -0.2) is 4.79 Å². The standard InChI is InChI=1S/C14H22O2/c1-4-13(15)16-14(3)10(2)9-11-7-5-6-8-12(11)14/h4,10-12H,1,5-9H2,2-3H3. The molecule has 4 atom stereocenters. The molecule has 16 heavy (non-hydrogen) atoms. The Bertz CT molecular complexity index is 297. The van der Waals surface area contributed by atoms with Crippen LogP contribution in [-0.2, 0) is 9.53 Å². The molecule has 0 aromatic carbocycles. The first kappa shape index (κ1) is 11.7. The Balaban J connectivity index is 2.17. The van der Waals surface area contributed by atoms with Crippen molar-refractivity contribution in [3.8, 4) is 0 Å². The van der Waals surface area contributed by atoms with E-state index in [1.165, 1.54) is 38.2 Å². The number of hydrogen-bond donors (Lipinski definition) is 0. The molecule has 2 aliphatic carbocycles. The summed E-state index contributed by atoms with van der Waals surface area (Å²) >= 11 is 0. The smallest absolute Gasteiger partial charge is 0.330 e. The van der Waals surface area contributed by atoms with Gasteiger partial charge < -0.3 is 4.74 Å². The molecule has 2 nitrogen and oxygen atoms in total. The van der Waals surface area contributed by atoms with Crippen molar-refractivity contribution in [2.75, 3.05) is 0 Å². The lowest BCUT2D eigenvalue weighted by atomic mass is 9.76. The Morgan fingerprint density at radius 2 is 2.12 bits per heavy atom. The van der Waals surface area contributed by atoms with E-state index in [9.17, 15) is 4.79 Å². The molecule has 0 aromatic rings. The van der Waals surface area contributed by atoms with Crippen LogP contribution in [0, 0.1) is 17.8 Å². The van der Waals surface area contributed by atoms with Crippen LogP contribution in [0.1, 0.15) is 46.0 Å². The van der Waals surface area contributed by atoms with Crippen molar-refractivity contribution in [2.45, 2.75) is 51.6 Å². The lowest BCUT2D eigenvalue weighted by Crippen LogP contribution is -2.42. The number of fused-ring (bicyclic) bond motifs is 1. The maximum atomic E-state index is 11.5. The van der Waals surface area contributed by atoms with Crippen LogP contribution in [0.25, 0.3) is 0 Å². The zero-order chi connectivity index (χ0) is 11.8. The monoisotopic (exact) mass is 222 g/mol. The highest BCUT2D eigenvalue weighted by atomic mass is 16.6. The van der Waals surface area contributed by atoms with Gasteiger partial charge in [0, 0.05) is 12.0 Å². The molecule has 0 N–H and O–H groups in total. The summed E-state index contributed by atoms with van der Waals surface area (Å²) in [5.74, 6) is 1.55. The minimum atomic E-state index is -0.263. The fraction of sp³-hybridized carbons (Fsp3) is 0.786. The topological polar surface area (TPSA) is 26.3 Å². The van der Waals surface area contributed by atoms with Crippen LogP contribution in [0.2, 0.25) is 0 Å². The van der Waals surface area contributed by atoms with Gasteiger partial charge in [-0.15, -0.1) is 0 Å². The zero-order valence-electron chi connectivity index (χ0n) is 10.4. The predicted octanol–water partition coefficient (Wildman–Crippen LogP) is 3.32. The van der Waals surface area contributed by atoms with Crippen LogP contribution in [0.15, 0.2) is 12.7 Å². The number of ether oxygens (including phenoxy) is 1. The first-order valence-electron chi connectivity index (χ1n) is 6.43. The highest BCUT2D eigenvalue weighted by molar-refractivity contribution is 5.81. The molecule has 0 heterocycles. The Morgan fingerprint density at radius 3 is 2.81 bits per heavy atom. The average Bonchev–Trinajstić information content (AvgIpc) is 2.52. The van der Waals surface area contributed by atoms with E-state index in [1.54, 1.807) is 0 Å². The van der Waals surface area contributed by atoms with Crippen molar-refractivity contribution >= 4 is 5.97 Å². The van der Waals surface area contributed by atoms with Crippen molar-refractivity contribution in [3.05, 3.63) is 12.7 Å². The van der Waals surface area contributed by atoms with E-state index in [-0.39, 0.29) is 11.6 Å². The molecule has 2 rings (SSSR count). The maximum absolute atomic E-state index is 11.5. The third-order valence-corrected chi connectivity index (χ3v) is 4.77. The average molecular weight is 222 g/mol. The Morgan fingerprint density at radius 1 is 1.44 bits per heavy atom. The van der Waals surface area contributed by atoms with E-state index in [1.807, 2.05) is 0 Å². The summed E-state index contributed by atoms with van der Waals surface area (Å²) in [6.45, 7) is 7.83. The van der Waals surface area contributed by atoms with Crippen LogP contribution >= 0.6 is 0 Å². The number of hydrogen-bond acceptors (Lipinski definition) is 2. The lowest BCUT2D eigenvalue weighted by Gasteiger charge is -2.38. The lowest BCUT2D eigenvalue weighted by molar-refractivity contribution is -0.161. The van der Waals surface area contributed by atoms with E-state index < -0.39 is 0 Å².